The molecule has 1 heterocycles. The number of nitro groups is 1. The first kappa shape index (κ1) is 14.9. The maximum absolute atomic E-state index is 10.9. The standard InChI is InChI=1S/C12H20N4O4/c1-7-12(16(19)20)8(2)15(14-7)6-11(18)5-13-9-3-10(17)4-9/h9-11,13,17-18H,3-6H2,1-2H3. The molecule has 20 heavy (non-hydrogen) atoms. The van der Waals surface area contributed by atoms with Gasteiger partial charge in [-0.1, -0.05) is 0 Å². The summed E-state index contributed by atoms with van der Waals surface area (Å²) in [6.45, 7) is 3.80. The summed E-state index contributed by atoms with van der Waals surface area (Å²) in [5.41, 5.74) is 0.813. The molecule has 0 bridgehead atoms. The Morgan fingerprint density at radius 1 is 1.55 bits per heavy atom. The van der Waals surface area contributed by atoms with E-state index < -0.39 is 11.0 Å². The average Bonchev–Trinajstić information content (AvgIpc) is 2.58. The van der Waals surface area contributed by atoms with Crippen LogP contribution in [0.1, 0.15) is 24.2 Å². The number of rotatable bonds is 6. The Kier molecular flexibility index (Phi) is 4.36. The molecule has 1 unspecified atom stereocenters. The summed E-state index contributed by atoms with van der Waals surface area (Å²) in [7, 11) is 0. The Morgan fingerprint density at radius 3 is 2.70 bits per heavy atom. The molecule has 1 aliphatic rings. The maximum atomic E-state index is 10.9. The topological polar surface area (TPSA) is 113 Å². The second-order valence-corrected chi connectivity index (χ2v) is 5.34. The summed E-state index contributed by atoms with van der Waals surface area (Å²) in [6.07, 6.45) is 0.504. The average molecular weight is 284 g/mol. The molecule has 0 aliphatic heterocycles. The van der Waals surface area contributed by atoms with E-state index in [9.17, 15) is 15.2 Å². The lowest BCUT2D eigenvalue weighted by Gasteiger charge is -2.32. The third kappa shape index (κ3) is 3.14. The fourth-order valence-electron chi connectivity index (χ4n) is 2.45. The normalized spacial score (nSPS) is 23.4. The molecular formula is C12H20N4O4. The zero-order valence-corrected chi connectivity index (χ0v) is 11.6. The van der Waals surface area contributed by atoms with Crippen LogP contribution < -0.4 is 5.32 Å². The van der Waals surface area contributed by atoms with Gasteiger partial charge in [0.15, 0.2) is 0 Å². The van der Waals surface area contributed by atoms with Gasteiger partial charge in [-0.05, 0) is 26.7 Å². The predicted molar refractivity (Wildman–Crippen MR) is 71.4 cm³/mol. The summed E-state index contributed by atoms with van der Waals surface area (Å²) in [5.74, 6) is 0. The van der Waals surface area contributed by atoms with Crippen LogP contribution in [0.2, 0.25) is 0 Å². The van der Waals surface area contributed by atoms with Gasteiger partial charge < -0.3 is 15.5 Å². The zero-order chi connectivity index (χ0) is 14.9. The molecule has 0 saturated heterocycles. The molecule has 1 aliphatic carbocycles. The molecule has 1 atom stereocenters. The molecule has 1 saturated carbocycles. The van der Waals surface area contributed by atoms with Crippen LogP contribution in [-0.2, 0) is 6.54 Å². The van der Waals surface area contributed by atoms with E-state index in [2.05, 4.69) is 10.4 Å². The Labute approximate surface area is 116 Å². The highest BCUT2D eigenvalue weighted by Crippen LogP contribution is 2.22. The molecule has 3 N–H and O–H groups in total. The number of aromatic nitrogens is 2. The van der Waals surface area contributed by atoms with Crippen molar-refractivity contribution in [3.8, 4) is 0 Å². The fourth-order valence-corrected chi connectivity index (χ4v) is 2.45. The molecule has 2 rings (SSSR count). The lowest BCUT2D eigenvalue weighted by Crippen LogP contribution is -2.47. The minimum Gasteiger partial charge on any atom is -0.393 e. The van der Waals surface area contributed by atoms with Crippen molar-refractivity contribution < 1.29 is 15.1 Å². The molecule has 1 aromatic heterocycles. The van der Waals surface area contributed by atoms with Gasteiger partial charge in [-0.25, -0.2) is 0 Å². The molecular weight excluding hydrogens is 264 g/mol. The first-order valence-corrected chi connectivity index (χ1v) is 6.66. The van der Waals surface area contributed by atoms with Crippen molar-refractivity contribution in [2.75, 3.05) is 6.54 Å². The van der Waals surface area contributed by atoms with Crippen molar-refractivity contribution in [1.82, 2.24) is 15.1 Å². The predicted octanol–water partition coefficient (Wildman–Crippen LogP) is -0.118. The first-order chi connectivity index (χ1) is 9.38. The third-order valence-electron chi connectivity index (χ3n) is 3.66. The van der Waals surface area contributed by atoms with E-state index in [0.29, 0.717) is 30.8 Å². The lowest BCUT2D eigenvalue weighted by atomic mass is 9.89. The monoisotopic (exact) mass is 284 g/mol. The SMILES string of the molecule is Cc1nn(CC(O)CNC2CC(O)C2)c(C)c1[N+](=O)[O-]. The van der Waals surface area contributed by atoms with E-state index >= 15 is 0 Å². The number of aryl methyl sites for hydroxylation is 1. The molecule has 0 aromatic carbocycles. The van der Waals surface area contributed by atoms with Crippen LogP contribution in [0.4, 0.5) is 5.69 Å². The van der Waals surface area contributed by atoms with E-state index in [-0.39, 0.29) is 24.4 Å². The highest BCUT2D eigenvalue weighted by Gasteiger charge is 2.27. The van der Waals surface area contributed by atoms with Crippen molar-refractivity contribution in [1.29, 1.82) is 0 Å². The summed E-state index contributed by atoms with van der Waals surface area (Å²) >= 11 is 0. The number of hydrogen-bond acceptors (Lipinski definition) is 6. The molecule has 8 nitrogen and oxygen atoms in total. The van der Waals surface area contributed by atoms with Gasteiger partial charge in [-0.2, -0.15) is 5.10 Å². The van der Waals surface area contributed by atoms with E-state index in [0.717, 1.165) is 0 Å². The second-order valence-electron chi connectivity index (χ2n) is 5.34. The van der Waals surface area contributed by atoms with Crippen LogP contribution in [0, 0.1) is 24.0 Å². The molecule has 0 amide bonds. The first-order valence-electron chi connectivity index (χ1n) is 6.66. The molecule has 1 fully saturated rings. The highest BCUT2D eigenvalue weighted by atomic mass is 16.6. The van der Waals surface area contributed by atoms with Crippen LogP contribution in [0.3, 0.4) is 0 Å². The van der Waals surface area contributed by atoms with Gasteiger partial charge in [0.25, 0.3) is 0 Å². The number of nitrogens with zero attached hydrogens (tertiary/aromatic N) is 3. The van der Waals surface area contributed by atoms with Crippen molar-refractivity contribution in [2.45, 2.75) is 51.5 Å². The molecule has 8 heteroatoms. The summed E-state index contributed by atoms with van der Waals surface area (Å²) in [4.78, 5) is 10.4. The van der Waals surface area contributed by atoms with Gasteiger partial charge >= 0.3 is 5.69 Å². The van der Waals surface area contributed by atoms with Crippen molar-refractivity contribution in [3.05, 3.63) is 21.5 Å². The van der Waals surface area contributed by atoms with Gasteiger partial charge in [0.2, 0.25) is 0 Å². The van der Waals surface area contributed by atoms with Gasteiger partial charge in [0.05, 0.1) is 23.7 Å². The number of hydrogen-bond donors (Lipinski definition) is 3. The summed E-state index contributed by atoms with van der Waals surface area (Å²) < 4.78 is 1.47. The van der Waals surface area contributed by atoms with Crippen LogP contribution in [0.25, 0.3) is 0 Å². The Balaban J connectivity index is 1.89. The van der Waals surface area contributed by atoms with E-state index in [1.54, 1.807) is 13.8 Å². The van der Waals surface area contributed by atoms with Gasteiger partial charge in [0, 0.05) is 12.6 Å². The quantitative estimate of drug-likeness (QED) is 0.496. The largest absolute Gasteiger partial charge is 0.393 e. The molecule has 1 aromatic rings. The van der Waals surface area contributed by atoms with Gasteiger partial charge in [0.1, 0.15) is 11.4 Å². The number of nitrogens with one attached hydrogen (secondary N) is 1. The summed E-state index contributed by atoms with van der Waals surface area (Å²) in [5, 5.41) is 37.2. The summed E-state index contributed by atoms with van der Waals surface area (Å²) in [6, 6.07) is 0.245. The third-order valence-corrected chi connectivity index (χ3v) is 3.66. The van der Waals surface area contributed by atoms with E-state index in [1.807, 2.05) is 0 Å². The van der Waals surface area contributed by atoms with E-state index in [4.69, 9.17) is 5.11 Å². The molecule has 0 radical (unpaired) electrons. The van der Waals surface area contributed by atoms with Crippen LogP contribution in [-0.4, -0.2) is 49.7 Å². The minimum absolute atomic E-state index is 0.00674. The van der Waals surface area contributed by atoms with Crippen LogP contribution >= 0.6 is 0 Å². The van der Waals surface area contributed by atoms with Crippen molar-refractivity contribution >= 4 is 5.69 Å². The zero-order valence-electron chi connectivity index (χ0n) is 11.6. The number of aliphatic hydroxyl groups is 2. The fraction of sp³-hybridized carbons (Fsp3) is 0.750. The Bertz CT molecular complexity index is 496. The van der Waals surface area contributed by atoms with Crippen LogP contribution in [0.5, 0.6) is 0 Å². The number of aliphatic hydroxyl groups excluding tert-OH is 2. The maximum Gasteiger partial charge on any atom is 0.312 e. The van der Waals surface area contributed by atoms with Crippen LogP contribution in [0.15, 0.2) is 0 Å². The van der Waals surface area contributed by atoms with Crippen molar-refractivity contribution in [2.24, 2.45) is 0 Å². The van der Waals surface area contributed by atoms with Gasteiger partial charge in [-0.15, -0.1) is 0 Å². The minimum atomic E-state index is -0.676. The molecule has 0 spiro atoms. The van der Waals surface area contributed by atoms with Crippen molar-refractivity contribution in [3.63, 3.8) is 0 Å². The Hall–Kier alpha value is -1.51. The molecule has 112 valence electrons. The van der Waals surface area contributed by atoms with Gasteiger partial charge in [-0.3, -0.25) is 14.8 Å². The smallest absolute Gasteiger partial charge is 0.312 e. The highest BCUT2D eigenvalue weighted by molar-refractivity contribution is 5.39. The Morgan fingerprint density at radius 2 is 2.20 bits per heavy atom. The second kappa shape index (κ2) is 5.86. The lowest BCUT2D eigenvalue weighted by molar-refractivity contribution is -0.386. The van der Waals surface area contributed by atoms with E-state index in [1.165, 1.54) is 4.68 Å².